The Morgan fingerprint density at radius 2 is 0.545 bits per heavy atom. The summed E-state index contributed by atoms with van der Waals surface area (Å²) in [6.07, 6.45) is 67.7. The van der Waals surface area contributed by atoms with Crippen LogP contribution in [-0.2, 0) is 28.6 Å². The standard InChI is InChI=1S/C60H106O6/c1-4-7-10-13-16-19-22-25-28-30-33-35-38-41-44-47-50-53-59(62)65-56-57(55-64-58(61)52-49-46-43-40-37-34-31-27-24-21-18-15-12-9-6-3)66-60(63)54-51-48-45-42-39-36-32-29-26-23-20-17-14-11-8-5-2/h16,18-19,21,25,27-28,31,33,35,57H,4-15,17,20,22-24,26,29-30,32,34,36-56H2,1-3H3/b19-16-,21-18-,28-25-,31-27-,35-33-/t57-/m1/s1. The van der Waals surface area contributed by atoms with E-state index in [2.05, 4.69) is 81.5 Å². The lowest BCUT2D eigenvalue weighted by Crippen LogP contribution is -2.30. The van der Waals surface area contributed by atoms with Crippen molar-refractivity contribution in [2.45, 2.75) is 290 Å². The van der Waals surface area contributed by atoms with Gasteiger partial charge in [-0.25, -0.2) is 0 Å². The van der Waals surface area contributed by atoms with E-state index >= 15 is 0 Å². The molecule has 0 fully saturated rings. The molecule has 0 aromatic rings. The lowest BCUT2D eigenvalue weighted by Gasteiger charge is -2.18. The molecule has 0 unspecified atom stereocenters. The summed E-state index contributed by atoms with van der Waals surface area (Å²) in [5.41, 5.74) is 0. The molecule has 1 atom stereocenters. The van der Waals surface area contributed by atoms with E-state index in [1.807, 2.05) is 0 Å². The molecule has 0 rings (SSSR count). The molecule has 0 heterocycles. The lowest BCUT2D eigenvalue weighted by atomic mass is 10.0. The number of rotatable bonds is 51. The van der Waals surface area contributed by atoms with Crippen molar-refractivity contribution in [2.24, 2.45) is 0 Å². The van der Waals surface area contributed by atoms with Crippen molar-refractivity contribution in [1.82, 2.24) is 0 Å². The fourth-order valence-corrected chi connectivity index (χ4v) is 7.95. The fraction of sp³-hybridized carbons (Fsp3) is 0.783. The highest BCUT2D eigenvalue weighted by molar-refractivity contribution is 5.71. The van der Waals surface area contributed by atoms with Crippen LogP contribution in [0.25, 0.3) is 0 Å². The van der Waals surface area contributed by atoms with Gasteiger partial charge in [0, 0.05) is 19.3 Å². The van der Waals surface area contributed by atoms with Gasteiger partial charge in [0.1, 0.15) is 13.2 Å². The molecular formula is C60H106O6. The van der Waals surface area contributed by atoms with Crippen LogP contribution >= 0.6 is 0 Å². The summed E-state index contributed by atoms with van der Waals surface area (Å²) in [6, 6.07) is 0. The molecule has 0 bridgehead atoms. The van der Waals surface area contributed by atoms with Crippen molar-refractivity contribution in [3.8, 4) is 0 Å². The van der Waals surface area contributed by atoms with Gasteiger partial charge in [-0.1, -0.05) is 236 Å². The molecule has 0 aromatic heterocycles. The zero-order valence-electron chi connectivity index (χ0n) is 43.7. The Balaban J connectivity index is 4.42. The molecule has 0 radical (unpaired) electrons. The van der Waals surface area contributed by atoms with Gasteiger partial charge >= 0.3 is 17.9 Å². The molecule has 0 N–H and O–H groups in total. The van der Waals surface area contributed by atoms with Gasteiger partial charge < -0.3 is 14.2 Å². The van der Waals surface area contributed by atoms with E-state index in [1.165, 1.54) is 141 Å². The highest BCUT2D eigenvalue weighted by atomic mass is 16.6. The highest BCUT2D eigenvalue weighted by Crippen LogP contribution is 2.16. The van der Waals surface area contributed by atoms with Gasteiger partial charge in [0.15, 0.2) is 6.10 Å². The van der Waals surface area contributed by atoms with Crippen molar-refractivity contribution in [1.29, 1.82) is 0 Å². The fourth-order valence-electron chi connectivity index (χ4n) is 7.95. The molecule has 0 aliphatic carbocycles. The maximum atomic E-state index is 12.8. The summed E-state index contributed by atoms with van der Waals surface area (Å²) >= 11 is 0. The Morgan fingerprint density at radius 3 is 0.879 bits per heavy atom. The minimum Gasteiger partial charge on any atom is -0.462 e. The van der Waals surface area contributed by atoms with Crippen LogP contribution < -0.4 is 0 Å². The zero-order valence-corrected chi connectivity index (χ0v) is 43.7. The van der Waals surface area contributed by atoms with Gasteiger partial charge in [0.2, 0.25) is 0 Å². The molecule has 66 heavy (non-hydrogen) atoms. The summed E-state index contributed by atoms with van der Waals surface area (Å²) < 4.78 is 16.8. The van der Waals surface area contributed by atoms with E-state index in [0.29, 0.717) is 19.3 Å². The minimum atomic E-state index is -0.787. The first-order chi connectivity index (χ1) is 32.5. The Hall–Kier alpha value is -2.89. The van der Waals surface area contributed by atoms with Crippen LogP contribution in [-0.4, -0.2) is 37.2 Å². The van der Waals surface area contributed by atoms with E-state index in [9.17, 15) is 14.4 Å². The number of unbranched alkanes of at least 4 members (excludes halogenated alkanes) is 30. The molecule has 6 heteroatoms. The maximum Gasteiger partial charge on any atom is 0.306 e. The van der Waals surface area contributed by atoms with Crippen molar-refractivity contribution < 1.29 is 28.6 Å². The Bertz CT molecular complexity index is 1200. The Labute approximate surface area is 409 Å². The zero-order chi connectivity index (χ0) is 47.9. The molecule has 0 aliphatic rings. The summed E-state index contributed by atoms with van der Waals surface area (Å²) in [5.74, 6) is -0.910. The van der Waals surface area contributed by atoms with Gasteiger partial charge in [-0.2, -0.15) is 0 Å². The predicted octanol–water partition coefficient (Wildman–Crippen LogP) is 18.8. The summed E-state index contributed by atoms with van der Waals surface area (Å²) in [5, 5.41) is 0. The average Bonchev–Trinajstić information content (AvgIpc) is 3.31. The molecule has 0 amide bonds. The van der Waals surface area contributed by atoms with Gasteiger partial charge in [-0.05, 0) is 89.9 Å². The second-order valence-corrected chi connectivity index (χ2v) is 18.8. The van der Waals surface area contributed by atoms with E-state index in [4.69, 9.17) is 14.2 Å². The topological polar surface area (TPSA) is 78.9 Å². The van der Waals surface area contributed by atoms with Crippen LogP contribution in [0.2, 0.25) is 0 Å². The number of carbonyl (C=O) groups excluding carboxylic acids is 3. The SMILES string of the molecule is CCCCC/C=C\C/C=C\C/C=C\CCCCCCC(=O)OC[C@@H](COC(=O)CCCCCCC/C=C\C/C=C\CCCCC)OC(=O)CCCCCCCCCCCCCCCCCC. The van der Waals surface area contributed by atoms with Crippen LogP contribution in [0.5, 0.6) is 0 Å². The molecule has 6 nitrogen and oxygen atoms in total. The van der Waals surface area contributed by atoms with E-state index in [-0.39, 0.29) is 31.1 Å². The average molecular weight is 924 g/mol. The van der Waals surface area contributed by atoms with Crippen molar-refractivity contribution >= 4 is 17.9 Å². The van der Waals surface area contributed by atoms with Crippen LogP contribution in [0, 0.1) is 0 Å². The third-order valence-electron chi connectivity index (χ3n) is 12.2. The van der Waals surface area contributed by atoms with Crippen LogP contribution in [0.4, 0.5) is 0 Å². The molecule has 0 aliphatic heterocycles. The monoisotopic (exact) mass is 923 g/mol. The van der Waals surface area contributed by atoms with Gasteiger partial charge in [-0.3, -0.25) is 14.4 Å². The quantitative estimate of drug-likeness (QED) is 0.0262. The normalized spacial score (nSPS) is 12.5. The number of hydrogen-bond acceptors (Lipinski definition) is 6. The van der Waals surface area contributed by atoms with Gasteiger partial charge in [0.05, 0.1) is 0 Å². The first kappa shape index (κ1) is 63.1. The minimum absolute atomic E-state index is 0.0867. The molecule has 0 aromatic carbocycles. The largest absolute Gasteiger partial charge is 0.462 e. The first-order valence-corrected chi connectivity index (χ1v) is 28.3. The Kier molecular flexibility index (Phi) is 52.3. The molecule has 0 saturated heterocycles. The van der Waals surface area contributed by atoms with Crippen LogP contribution in [0.3, 0.4) is 0 Å². The summed E-state index contributed by atoms with van der Waals surface area (Å²) in [4.78, 5) is 38.1. The lowest BCUT2D eigenvalue weighted by molar-refractivity contribution is -0.167. The summed E-state index contributed by atoms with van der Waals surface area (Å²) in [6.45, 7) is 6.58. The Morgan fingerprint density at radius 1 is 0.303 bits per heavy atom. The second-order valence-electron chi connectivity index (χ2n) is 18.8. The van der Waals surface area contributed by atoms with Gasteiger partial charge in [-0.15, -0.1) is 0 Å². The van der Waals surface area contributed by atoms with Crippen molar-refractivity contribution in [3.05, 3.63) is 60.8 Å². The second kappa shape index (κ2) is 54.7. The van der Waals surface area contributed by atoms with Crippen molar-refractivity contribution in [2.75, 3.05) is 13.2 Å². The number of allylic oxidation sites excluding steroid dienone is 10. The third-order valence-corrected chi connectivity index (χ3v) is 12.2. The first-order valence-electron chi connectivity index (χ1n) is 28.3. The number of ether oxygens (including phenoxy) is 3. The van der Waals surface area contributed by atoms with E-state index in [0.717, 1.165) is 103 Å². The molecule has 0 spiro atoms. The van der Waals surface area contributed by atoms with Gasteiger partial charge in [0.25, 0.3) is 0 Å². The van der Waals surface area contributed by atoms with Crippen LogP contribution in [0.15, 0.2) is 60.8 Å². The number of carbonyl (C=O) groups is 3. The van der Waals surface area contributed by atoms with E-state index < -0.39 is 6.10 Å². The number of hydrogen-bond donors (Lipinski definition) is 0. The maximum absolute atomic E-state index is 12.8. The van der Waals surface area contributed by atoms with Crippen molar-refractivity contribution in [3.63, 3.8) is 0 Å². The summed E-state index contributed by atoms with van der Waals surface area (Å²) in [7, 11) is 0. The third kappa shape index (κ3) is 52.1. The van der Waals surface area contributed by atoms with Crippen LogP contribution in [0.1, 0.15) is 284 Å². The molecular weight excluding hydrogens is 817 g/mol. The predicted molar refractivity (Wildman–Crippen MR) is 284 cm³/mol. The van der Waals surface area contributed by atoms with E-state index in [1.54, 1.807) is 0 Å². The smallest absolute Gasteiger partial charge is 0.306 e. The number of esters is 3. The molecule has 382 valence electrons. The highest BCUT2D eigenvalue weighted by Gasteiger charge is 2.19. The molecule has 0 saturated carbocycles.